The quantitative estimate of drug-likeness (QED) is 0.781. The van der Waals surface area contributed by atoms with Crippen LogP contribution in [-0.4, -0.2) is 23.4 Å². The van der Waals surface area contributed by atoms with Crippen LogP contribution < -0.4 is 4.74 Å². The second-order valence-corrected chi connectivity index (χ2v) is 4.29. The Morgan fingerprint density at radius 1 is 1.47 bits per heavy atom. The molecule has 15 heavy (non-hydrogen) atoms. The monoisotopic (exact) mass is 208 g/mol. The van der Waals surface area contributed by atoms with Crippen molar-refractivity contribution in [3.63, 3.8) is 0 Å². The van der Waals surface area contributed by atoms with Crippen LogP contribution in [-0.2, 0) is 0 Å². The highest BCUT2D eigenvalue weighted by Gasteiger charge is 2.28. The number of aliphatic hydroxyl groups excluding tert-OH is 1. The molecule has 1 atom stereocenters. The van der Waals surface area contributed by atoms with Gasteiger partial charge >= 0.3 is 0 Å². The van der Waals surface area contributed by atoms with E-state index in [0.717, 1.165) is 16.9 Å². The van der Waals surface area contributed by atoms with Gasteiger partial charge in [0.05, 0.1) is 13.2 Å². The maximum atomic E-state index is 9.54. The van der Waals surface area contributed by atoms with E-state index in [0.29, 0.717) is 12.5 Å². The normalized spacial score (nSPS) is 19.1. The van der Waals surface area contributed by atoms with Crippen molar-refractivity contribution in [3.8, 4) is 11.5 Å². The predicted molar refractivity (Wildman–Crippen MR) is 57.5 cm³/mol. The predicted octanol–water partition coefficient (Wildman–Crippen LogP) is 1.98. The van der Waals surface area contributed by atoms with E-state index in [-0.39, 0.29) is 18.3 Å². The van der Waals surface area contributed by atoms with Crippen molar-refractivity contribution in [1.29, 1.82) is 0 Å². The summed E-state index contributed by atoms with van der Waals surface area (Å²) in [6, 6.07) is 3.39. The summed E-state index contributed by atoms with van der Waals surface area (Å²) in [5.41, 5.74) is 2.13. The van der Waals surface area contributed by atoms with Gasteiger partial charge in [0, 0.05) is 17.5 Å². The number of hydrogen-bond donors (Lipinski definition) is 2. The number of aromatic hydroxyl groups is 1. The topological polar surface area (TPSA) is 49.7 Å². The summed E-state index contributed by atoms with van der Waals surface area (Å²) in [5.74, 6) is 1.33. The smallest absolute Gasteiger partial charge is 0.126 e. The first-order valence-electron chi connectivity index (χ1n) is 5.24. The third-order valence-electron chi connectivity index (χ3n) is 2.85. The molecule has 0 bridgehead atoms. The summed E-state index contributed by atoms with van der Waals surface area (Å²) in [6.07, 6.45) is 0. The SMILES string of the molecule is CC(C)c1cc(O)cc2c1C(CO)CO2. The van der Waals surface area contributed by atoms with E-state index in [1.54, 1.807) is 12.1 Å². The van der Waals surface area contributed by atoms with Gasteiger partial charge < -0.3 is 14.9 Å². The second-order valence-electron chi connectivity index (χ2n) is 4.29. The number of rotatable bonds is 2. The van der Waals surface area contributed by atoms with Crippen LogP contribution in [0, 0.1) is 0 Å². The average molecular weight is 208 g/mol. The maximum absolute atomic E-state index is 9.54. The fourth-order valence-electron chi connectivity index (χ4n) is 2.08. The number of fused-ring (bicyclic) bond motifs is 1. The maximum Gasteiger partial charge on any atom is 0.126 e. The molecule has 1 aromatic rings. The van der Waals surface area contributed by atoms with Gasteiger partial charge in [-0.25, -0.2) is 0 Å². The van der Waals surface area contributed by atoms with Crippen LogP contribution in [0.5, 0.6) is 11.5 Å². The van der Waals surface area contributed by atoms with Gasteiger partial charge in [0.25, 0.3) is 0 Å². The number of phenols is 1. The van der Waals surface area contributed by atoms with Crippen LogP contribution in [0.25, 0.3) is 0 Å². The van der Waals surface area contributed by atoms with Crippen LogP contribution in [0.3, 0.4) is 0 Å². The highest BCUT2D eigenvalue weighted by atomic mass is 16.5. The van der Waals surface area contributed by atoms with Crippen LogP contribution in [0.2, 0.25) is 0 Å². The van der Waals surface area contributed by atoms with E-state index in [1.807, 2.05) is 0 Å². The fraction of sp³-hybridized carbons (Fsp3) is 0.500. The Balaban J connectivity index is 2.55. The Kier molecular flexibility index (Phi) is 2.57. The van der Waals surface area contributed by atoms with Gasteiger partial charge in [-0.05, 0) is 17.5 Å². The first kappa shape index (κ1) is 10.3. The Bertz CT molecular complexity index is 371. The van der Waals surface area contributed by atoms with E-state index < -0.39 is 0 Å². The van der Waals surface area contributed by atoms with Crippen molar-refractivity contribution in [3.05, 3.63) is 23.3 Å². The Morgan fingerprint density at radius 3 is 2.80 bits per heavy atom. The number of ether oxygens (including phenoxy) is 1. The van der Waals surface area contributed by atoms with Crippen molar-refractivity contribution < 1.29 is 14.9 Å². The Morgan fingerprint density at radius 2 is 2.20 bits per heavy atom. The molecule has 1 aromatic carbocycles. The summed E-state index contributed by atoms with van der Waals surface area (Å²) in [6.45, 7) is 4.75. The van der Waals surface area contributed by atoms with Crippen molar-refractivity contribution >= 4 is 0 Å². The molecule has 2 N–H and O–H groups in total. The minimum absolute atomic E-state index is 0.0537. The summed E-state index contributed by atoms with van der Waals surface area (Å²) < 4.78 is 5.45. The molecule has 0 saturated carbocycles. The van der Waals surface area contributed by atoms with E-state index in [4.69, 9.17) is 4.74 Å². The number of benzene rings is 1. The van der Waals surface area contributed by atoms with Crippen LogP contribution in [0.1, 0.15) is 36.8 Å². The number of phenolic OH excluding ortho intramolecular Hbond substituents is 1. The molecule has 0 saturated heterocycles. The summed E-state index contributed by atoms with van der Waals surface area (Å²) >= 11 is 0. The zero-order chi connectivity index (χ0) is 11.0. The Labute approximate surface area is 89.3 Å². The minimum atomic E-state index is 0.0537. The van der Waals surface area contributed by atoms with Gasteiger partial charge in [-0.2, -0.15) is 0 Å². The van der Waals surface area contributed by atoms with Gasteiger partial charge in [0.2, 0.25) is 0 Å². The van der Waals surface area contributed by atoms with Crippen molar-refractivity contribution in [1.82, 2.24) is 0 Å². The molecular weight excluding hydrogens is 192 g/mol. The van der Waals surface area contributed by atoms with Crippen LogP contribution in [0.4, 0.5) is 0 Å². The fourth-order valence-corrected chi connectivity index (χ4v) is 2.08. The minimum Gasteiger partial charge on any atom is -0.508 e. The highest BCUT2D eigenvalue weighted by Crippen LogP contribution is 2.41. The zero-order valence-electron chi connectivity index (χ0n) is 9.03. The standard InChI is InChI=1S/C12H16O3/c1-7(2)10-3-9(14)4-11-12(10)8(5-13)6-15-11/h3-4,7-8,13-14H,5-6H2,1-2H3. The lowest BCUT2D eigenvalue weighted by Crippen LogP contribution is -2.07. The van der Waals surface area contributed by atoms with E-state index in [9.17, 15) is 10.2 Å². The van der Waals surface area contributed by atoms with E-state index in [2.05, 4.69) is 13.8 Å². The lowest BCUT2D eigenvalue weighted by Gasteiger charge is -2.14. The first-order chi connectivity index (χ1) is 7.13. The molecule has 0 aromatic heterocycles. The lowest BCUT2D eigenvalue weighted by molar-refractivity contribution is 0.231. The van der Waals surface area contributed by atoms with Gasteiger partial charge in [0.15, 0.2) is 0 Å². The second kappa shape index (κ2) is 3.74. The molecular formula is C12H16O3. The van der Waals surface area contributed by atoms with E-state index in [1.165, 1.54) is 0 Å². The van der Waals surface area contributed by atoms with Crippen molar-refractivity contribution in [2.45, 2.75) is 25.7 Å². The van der Waals surface area contributed by atoms with Gasteiger partial charge in [-0.15, -0.1) is 0 Å². The third kappa shape index (κ3) is 1.67. The summed E-state index contributed by atoms with van der Waals surface area (Å²) in [7, 11) is 0. The molecule has 1 unspecified atom stereocenters. The molecule has 3 nitrogen and oxygen atoms in total. The van der Waals surface area contributed by atoms with Crippen LogP contribution in [0.15, 0.2) is 12.1 Å². The molecule has 0 aliphatic carbocycles. The largest absolute Gasteiger partial charge is 0.508 e. The van der Waals surface area contributed by atoms with Gasteiger partial charge in [-0.3, -0.25) is 0 Å². The molecule has 1 aliphatic rings. The molecule has 1 aliphatic heterocycles. The molecule has 0 spiro atoms. The molecule has 0 radical (unpaired) electrons. The number of hydrogen-bond acceptors (Lipinski definition) is 3. The molecule has 3 heteroatoms. The molecule has 82 valence electrons. The molecule has 1 heterocycles. The average Bonchev–Trinajstić information content (AvgIpc) is 2.58. The molecule has 0 amide bonds. The molecule has 2 rings (SSSR count). The van der Waals surface area contributed by atoms with Crippen molar-refractivity contribution in [2.75, 3.05) is 13.2 Å². The van der Waals surface area contributed by atoms with E-state index >= 15 is 0 Å². The number of aliphatic hydroxyl groups is 1. The van der Waals surface area contributed by atoms with Gasteiger partial charge in [0.1, 0.15) is 11.5 Å². The molecule has 0 fully saturated rings. The zero-order valence-corrected chi connectivity index (χ0v) is 9.03. The Hall–Kier alpha value is -1.22. The van der Waals surface area contributed by atoms with Crippen molar-refractivity contribution in [2.24, 2.45) is 0 Å². The van der Waals surface area contributed by atoms with Gasteiger partial charge in [-0.1, -0.05) is 13.8 Å². The first-order valence-corrected chi connectivity index (χ1v) is 5.24. The summed E-state index contributed by atoms with van der Waals surface area (Å²) in [4.78, 5) is 0. The van der Waals surface area contributed by atoms with Crippen LogP contribution >= 0.6 is 0 Å². The third-order valence-corrected chi connectivity index (χ3v) is 2.85. The lowest BCUT2D eigenvalue weighted by atomic mass is 9.90. The highest BCUT2D eigenvalue weighted by molar-refractivity contribution is 5.51. The summed E-state index contributed by atoms with van der Waals surface area (Å²) in [5, 5.41) is 18.8.